The molecule has 9 rings (SSSR count). The van der Waals surface area contributed by atoms with Crippen molar-refractivity contribution in [2.24, 2.45) is 0 Å². The maximum Gasteiger partial charge on any atom is 0.264 e. The lowest BCUT2D eigenvalue weighted by molar-refractivity contribution is 0.332. The van der Waals surface area contributed by atoms with E-state index < -0.39 is 0 Å². The normalized spacial score (nSPS) is 17.0. The Bertz CT molecular complexity index is 2720. The van der Waals surface area contributed by atoms with Crippen molar-refractivity contribution in [1.82, 2.24) is 0 Å². The summed E-state index contributed by atoms with van der Waals surface area (Å²) in [7, 11) is 0. The van der Waals surface area contributed by atoms with E-state index in [0.717, 1.165) is 0 Å². The van der Waals surface area contributed by atoms with Crippen molar-refractivity contribution < 1.29 is 0 Å². The molecule has 61 heavy (non-hydrogen) atoms. The first-order valence-electron chi connectivity index (χ1n) is 22.9. The minimum absolute atomic E-state index is 0.00734. The third-order valence-electron chi connectivity index (χ3n) is 14.5. The monoisotopic (exact) mass is 825 g/mol. The maximum atomic E-state index is 2.66. The van der Waals surface area contributed by atoms with E-state index in [0.29, 0.717) is 0 Å². The molecule has 0 spiro atoms. The molecule has 0 unspecified atom stereocenters. The summed E-state index contributed by atoms with van der Waals surface area (Å²) >= 11 is 2.04. The van der Waals surface area contributed by atoms with Gasteiger partial charge in [-0.25, -0.2) is 0 Å². The SMILES string of the molecule is Cc1cc2c3c(c1)N(c1ccc(C(C)(C)C)cc1)c1c(sc4cc5c(cc14)C(C)(C)CCC5(C)C)B3c1ccc(C(C)(C)C)cc1N2c1cc(C(C)(C)C)cc(C(C)(C)C)c1. The highest BCUT2D eigenvalue weighted by Gasteiger charge is 2.47. The summed E-state index contributed by atoms with van der Waals surface area (Å²) in [6, 6.07) is 34.6. The van der Waals surface area contributed by atoms with Crippen LogP contribution in [0.5, 0.6) is 0 Å². The number of thiophene rings is 1. The van der Waals surface area contributed by atoms with E-state index >= 15 is 0 Å². The quantitative estimate of drug-likeness (QED) is 0.160. The zero-order chi connectivity index (χ0) is 44.1. The van der Waals surface area contributed by atoms with E-state index in [1.54, 1.807) is 0 Å². The second-order valence-electron chi connectivity index (χ2n) is 24.4. The summed E-state index contributed by atoms with van der Waals surface area (Å²) in [5, 5.41) is 1.39. The third kappa shape index (κ3) is 6.81. The van der Waals surface area contributed by atoms with E-state index in [-0.39, 0.29) is 39.2 Å². The second kappa shape index (κ2) is 13.4. The average molecular weight is 825 g/mol. The summed E-state index contributed by atoms with van der Waals surface area (Å²) in [4.78, 5) is 5.31. The fraction of sp³-hybridized carbons (Fsp3) is 0.439. The lowest BCUT2D eigenvalue weighted by Crippen LogP contribution is -2.60. The predicted octanol–water partition coefficient (Wildman–Crippen LogP) is 14.8. The van der Waals surface area contributed by atoms with E-state index in [9.17, 15) is 0 Å². The molecule has 4 heteroatoms. The van der Waals surface area contributed by atoms with Crippen LogP contribution in [-0.2, 0) is 32.5 Å². The van der Waals surface area contributed by atoms with Gasteiger partial charge in [-0.1, -0.05) is 141 Å². The Morgan fingerprint density at radius 2 is 1.02 bits per heavy atom. The van der Waals surface area contributed by atoms with Gasteiger partial charge in [0, 0.05) is 43.3 Å². The van der Waals surface area contributed by atoms with Gasteiger partial charge in [0.25, 0.3) is 6.71 Å². The first kappa shape index (κ1) is 42.0. The van der Waals surface area contributed by atoms with Crippen molar-refractivity contribution in [3.05, 3.63) is 124 Å². The molecule has 3 aliphatic rings. The van der Waals surface area contributed by atoms with Gasteiger partial charge in [-0.15, -0.1) is 11.3 Å². The molecule has 0 fully saturated rings. The number of fused-ring (bicyclic) bond motifs is 7. The Balaban J connectivity index is 1.42. The molecule has 3 heterocycles. The molecular formula is C57H69BN2S. The summed E-state index contributed by atoms with van der Waals surface area (Å²) in [6.07, 6.45) is 2.41. The van der Waals surface area contributed by atoms with Crippen LogP contribution in [0.3, 0.4) is 0 Å². The van der Waals surface area contributed by atoms with Crippen LogP contribution in [0.1, 0.15) is 163 Å². The highest BCUT2D eigenvalue weighted by Crippen LogP contribution is 2.53. The first-order valence-corrected chi connectivity index (χ1v) is 23.7. The van der Waals surface area contributed by atoms with Crippen molar-refractivity contribution in [3.8, 4) is 0 Å². The molecule has 0 saturated heterocycles. The van der Waals surface area contributed by atoms with Crippen molar-refractivity contribution in [1.29, 1.82) is 0 Å². The fourth-order valence-electron chi connectivity index (χ4n) is 10.4. The number of anilines is 6. The molecule has 0 radical (unpaired) electrons. The smallest absolute Gasteiger partial charge is 0.264 e. The van der Waals surface area contributed by atoms with Crippen LogP contribution in [0.25, 0.3) is 10.1 Å². The van der Waals surface area contributed by atoms with Crippen LogP contribution in [0.2, 0.25) is 0 Å². The fourth-order valence-corrected chi connectivity index (χ4v) is 11.7. The van der Waals surface area contributed by atoms with Crippen molar-refractivity contribution in [2.75, 3.05) is 9.80 Å². The van der Waals surface area contributed by atoms with Gasteiger partial charge in [0.1, 0.15) is 0 Å². The Morgan fingerprint density at radius 3 is 1.56 bits per heavy atom. The number of hydrogen-bond donors (Lipinski definition) is 0. The van der Waals surface area contributed by atoms with Crippen LogP contribution in [0.4, 0.5) is 34.1 Å². The second-order valence-corrected chi connectivity index (χ2v) is 25.5. The minimum atomic E-state index is -0.0132. The summed E-state index contributed by atoms with van der Waals surface area (Å²) in [6.45, 7) is 40.4. The molecule has 2 nitrogen and oxygen atoms in total. The number of nitrogens with zero attached hydrogens (tertiary/aromatic N) is 2. The number of rotatable bonds is 2. The van der Waals surface area contributed by atoms with E-state index in [2.05, 4.69) is 212 Å². The van der Waals surface area contributed by atoms with Gasteiger partial charge in [0.05, 0.1) is 5.69 Å². The van der Waals surface area contributed by atoms with Crippen LogP contribution in [0, 0.1) is 6.92 Å². The number of hydrogen-bond acceptors (Lipinski definition) is 3. The highest BCUT2D eigenvalue weighted by atomic mass is 32.1. The Kier molecular flexibility index (Phi) is 9.22. The molecule has 1 aliphatic carbocycles. The summed E-state index contributed by atoms with van der Waals surface area (Å²) in [5.74, 6) is 0. The van der Waals surface area contributed by atoms with E-state index in [1.807, 2.05) is 11.3 Å². The first-order chi connectivity index (χ1) is 28.1. The maximum absolute atomic E-state index is 2.66. The minimum Gasteiger partial charge on any atom is -0.311 e. The molecule has 5 aromatic carbocycles. The van der Waals surface area contributed by atoms with E-state index in [4.69, 9.17) is 0 Å². The average Bonchev–Trinajstić information content (AvgIpc) is 3.52. The molecule has 6 aromatic rings. The van der Waals surface area contributed by atoms with Crippen molar-refractivity contribution in [2.45, 2.75) is 163 Å². The molecule has 0 saturated carbocycles. The zero-order valence-electron chi connectivity index (χ0n) is 40.4. The molecule has 0 atom stereocenters. The third-order valence-corrected chi connectivity index (χ3v) is 15.8. The largest absolute Gasteiger partial charge is 0.311 e. The molecule has 1 aromatic heterocycles. The molecule has 2 aliphatic heterocycles. The molecule has 316 valence electrons. The number of aryl methyl sites for hydroxylation is 1. The van der Waals surface area contributed by atoms with Crippen LogP contribution in [-0.4, -0.2) is 6.71 Å². The summed E-state index contributed by atoms with van der Waals surface area (Å²) < 4.78 is 2.86. The van der Waals surface area contributed by atoms with Gasteiger partial charge in [-0.3, -0.25) is 0 Å². The topological polar surface area (TPSA) is 6.48 Å². The van der Waals surface area contributed by atoms with Gasteiger partial charge in [0.2, 0.25) is 0 Å². The van der Waals surface area contributed by atoms with Gasteiger partial charge >= 0.3 is 0 Å². The number of benzene rings is 5. The Morgan fingerprint density at radius 1 is 0.508 bits per heavy atom. The van der Waals surface area contributed by atoms with Gasteiger partial charge in [0.15, 0.2) is 0 Å². The molecule has 0 bridgehead atoms. The van der Waals surface area contributed by atoms with Crippen molar-refractivity contribution >= 4 is 78.0 Å². The van der Waals surface area contributed by atoms with Gasteiger partial charge in [-0.2, -0.15) is 0 Å². The zero-order valence-corrected chi connectivity index (χ0v) is 41.2. The van der Waals surface area contributed by atoms with Crippen LogP contribution in [0.15, 0.2) is 84.9 Å². The van der Waals surface area contributed by atoms with Crippen LogP contribution < -0.4 is 25.5 Å². The predicted molar refractivity (Wildman–Crippen MR) is 271 cm³/mol. The molecule has 0 amide bonds. The Labute approximate surface area is 372 Å². The molecular weight excluding hydrogens is 756 g/mol. The van der Waals surface area contributed by atoms with Crippen LogP contribution >= 0.6 is 11.3 Å². The lowest BCUT2D eigenvalue weighted by atomic mass is 9.36. The summed E-state index contributed by atoms with van der Waals surface area (Å²) in [5.41, 5.74) is 20.6. The highest BCUT2D eigenvalue weighted by molar-refractivity contribution is 7.33. The van der Waals surface area contributed by atoms with Crippen molar-refractivity contribution in [3.63, 3.8) is 0 Å². The van der Waals surface area contributed by atoms with Gasteiger partial charge < -0.3 is 9.80 Å². The Hall–Kier alpha value is -4.28. The standard InChI is InChI=1S/C57H69BN2S/c1-34-26-46-49-47(27-34)60(39-21-18-35(19-22-39)52(2,3)4)50-41-32-42-43(57(16,17)25-24-56(42,14)15)33-48(41)61-51(50)58(49)44-23-20-36(53(5,6)7)31-45(44)59(46)40-29-37(54(8,9)10)28-38(30-40)55(11,12)13/h18-23,26-33H,24-25H2,1-17H3. The van der Waals surface area contributed by atoms with Gasteiger partial charge in [-0.05, 0) is 157 Å². The van der Waals surface area contributed by atoms with E-state index in [1.165, 1.54) is 112 Å². The lowest BCUT2D eigenvalue weighted by Gasteiger charge is -2.44. The molecule has 0 N–H and O–H groups in total.